The second-order valence-corrected chi connectivity index (χ2v) is 6.61. The summed E-state index contributed by atoms with van der Waals surface area (Å²) in [6.45, 7) is -0.0919. The number of carbonyl (C=O) groups is 1. The van der Waals surface area contributed by atoms with Crippen molar-refractivity contribution in [1.82, 2.24) is 0 Å². The van der Waals surface area contributed by atoms with Crippen LogP contribution in [-0.2, 0) is 11.3 Å². The van der Waals surface area contributed by atoms with Gasteiger partial charge in [0.1, 0.15) is 12.2 Å². The van der Waals surface area contributed by atoms with Crippen LogP contribution in [-0.4, -0.2) is 5.97 Å². The van der Waals surface area contributed by atoms with E-state index in [1.165, 1.54) is 12.1 Å². The normalized spacial score (nSPS) is 10.8. The molecule has 0 saturated heterocycles. The molecule has 0 N–H and O–H groups in total. The highest BCUT2D eigenvalue weighted by Crippen LogP contribution is 2.27. The Morgan fingerprint density at radius 3 is 2.75 bits per heavy atom. The van der Waals surface area contributed by atoms with E-state index in [1.807, 2.05) is 6.07 Å². The molecule has 0 amide bonds. The van der Waals surface area contributed by atoms with Crippen molar-refractivity contribution < 1.29 is 13.9 Å². The minimum absolute atomic E-state index is 0.0919. The predicted molar refractivity (Wildman–Crippen MR) is 95.8 cm³/mol. The zero-order valence-electron chi connectivity index (χ0n) is 12.0. The summed E-state index contributed by atoms with van der Waals surface area (Å²) in [6, 6.07) is 11.3. The second-order valence-electron chi connectivity index (χ2n) is 4.91. The first-order valence-corrected chi connectivity index (χ1v) is 8.34. The first-order valence-electron chi connectivity index (χ1n) is 6.79. The fraction of sp³-hybridized carbons (Fsp3) is 0.0588. The molecule has 3 aromatic rings. The Labute approximate surface area is 155 Å². The van der Waals surface area contributed by atoms with Crippen molar-refractivity contribution in [3.63, 3.8) is 0 Å². The number of rotatable bonds is 3. The highest BCUT2D eigenvalue weighted by Gasteiger charge is 2.15. The molecule has 2 aromatic carbocycles. The number of hydrogen-bond donors (Lipinski definition) is 0. The van der Waals surface area contributed by atoms with Crippen LogP contribution in [0.15, 0.2) is 56.1 Å². The fourth-order valence-electron chi connectivity index (χ4n) is 2.21. The Bertz CT molecular complexity index is 998. The molecule has 0 atom stereocenters. The monoisotopic (exact) mass is 426 g/mol. The average Bonchev–Trinajstić information content (AvgIpc) is 2.54. The van der Waals surface area contributed by atoms with Crippen LogP contribution < -0.4 is 5.63 Å². The third-order valence-corrected chi connectivity index (χ3v) is 4.63. The molecule has 3 rings (SSSR count). The molecule has 0 saturated carbocycles. The molecule has 1 aromatic heterocycles. The summed E-state index contributed by atoms with van der Waals surface area (Å²) in [5.74, 6) is -0.624. The standard InChI is InChI=1S/C17H9BrCl2O4/c18-10-4-5-11-9(6-15(21)24-14(11)7-10)8-23-17(22)12-2-1-3-13(19)16(12)20/h1-7H,8H2. The summed E-state index contributed by atoms with van der Waals surface area (Å²) < 4.78 is 11.2. The molecule has 0 aliphatic heterocycles. The van der Waals surface area contributed by atoms with Crippen LogP contribution in [0.5, 0.6) is 0 Å². The number of esters is 1. The molecule has 0 spiro atoms. The number of benzene rings is 2. The number of carbonyl (C=O) groups excluding carboxylic acids is 1. The predicted octanol–water partition coefficient (Wildman–Crippen LogP) is 5.22. The van der Waals surface area contributed by atoms with E-state index in [1.54, 1.807) is 24.3 Å². The minimum Gasteiger partial charge on any atom is -0.457 e. The van der Waals surface area contributed by atoms with Crippen LogP contribution in [0.25, 0.3) is 11.0 Å². The quantitative estimate of drug-likeness (QED) is 0.424. The summed E-state index contributed by atoms with van der Waals surface area (Å²) in [5.41, 5.74) is 0.593. The van der Waals surface area contributed by atoms with Gasteiger partial charge < -0.3 is 9.15 Å². The first-order chi connectivity index (χ1) is 11.5. The number of halogens is 3. The van der Waals surface area contributed by atoms with Crippen LogP contribution >= 0.6 is 39.1 Å². The average molecular weight is 428 g/mol. The van der Waals surface area contributed by atoms with Crippen LogP contribution in [0.3, 0.4) is 0 Å². The lowest BCUT2D eigenvalue weighted by molar-refractivity contribution is 0.0474. The van der Waals surface area contributed by atoms with E-state index >= 15 is 0 Å². The van der Waals surface area contributed by atoms with Gasteiger partial charge in [0.05, 0.1) is 15.6 Å². The van der Waals surface area contributed by atoms with E-state index < -0.39 is 11.6 Å². The lowest BCUT2D eigenvalue weighted by atomic mass is 10.1. The maximum absolute atomic E-state index is 12.2. The van der Waals surface area contributed by atoms with E-state index in [2.05, 4.69) is 15.9 Å². The van der Waals surface area contributed by atoms with Crippen molar-refractivity contribution in [2.45, 2.75) is 6.61 Å². The van der Waals surface area contributed by atoms with Crippen molar-refractivity contribution in [2.24, 2.45) is 0 Å². The van der Waals surface area contributed by atoms with Gasteiger partial charge in [0.15, 0.2) is 0 Å². The summed E-state index contributed by atoms with van der Waals surface area (Å²) in [5, 5.41) is 1.08. The van der Waals surface area contributed by atoms with Crippen molar-refractivity contribution >= 4 is 56.1 Å². The molecule has 24 heavy (non-hydrogen) atoms. The minimum atomic E-state index is -0.624. The van der Waals surface area contributed by atoms with E-state index in [4.69, 9.17) is 32.4 Å². The molecule has 7 heteroatoms. The van der Waals surface area contributed by atoms with Gasteiger partial charge in [-0.2, -0.15) is 0 Å². The van der Waals surface area contributed by atoms with Crippen molar-refractivity contribution in [3.8, 4) is 0 Å². The Kier molecular flexibility index (Phi) is 4.94. The Morgan fingerprint density at radius 1 is 1.17 bits per heavy atom. The van der Waals surface area contributed by atoms with Crippen molar-refractivity contribution in [3.05, 3.63) is 78.5 Å². The van der Waals surface area contributed by atoms with Crippen molar-refractivity contribution in [2.75, 3.05) is 0 Å². The second kappa shape index (κ2) is 6.97. The summed E-state index contributed by atoms with van der Waals surface area (Å²) in [7, 11) is 0. The molecule has 0 radical (unpaired) electrons. The lowest BCUT2D eigenvalue weighted by Crippen LogP contribution is -2.08. The van der Waals surface area contributed by atoms with Crippen LogP contribution in [0.4, 0.5) is 0 Å². The molecule has 0 aliphatic rings. The Balaban J connectivity index is 1.89. The van der Waals surface area contributed by atoms with E-state index in [-0.39, 0.29) is 22.2 Å². The molecule has 4 nitrogen and oxygen atoms in total. The molecule has 0 fully saturated rings. The van der Waals surface area contributed by atoms with Gasteiger partial charge in [-0.3, -0.25) is 0 Å². The van der Waals surface area contributed by atoms with Crippen molar-refractivity contribution in [1.29, 1.82) is 0 Å². The zero-order chi connectivity index (χ0) is 17.3. The summed E-state index contributed by atoms with van der Waals surface area (Å²) in [4.78, 5) is 23.9. The third kappa shape index (κ3) is 3.48. The molecule has 1 heterocycles. The summed E-state index contributed by atoms with van der Waals surface area (Å²) in [6.07, 6.45) is 0. The van der Waals surface area contributed by atoms with Gasteiger partial charge in [0, 0.05) is 21.5 Å². The van der Waals surface area contributed by atoms with Gasteiger partial charge in [-0.05, 0) is 30.3 Å². The molecule has 0 bridgehead atoms. The van der Waals surface area contributed by atoms with E-state index in [9.17, 15) is 9.59 Å². The first kappa shape index (κ1) is 17.0. The van der Waals surface area contributed by atoms with E-state index in [0.29, 0.717) is 16.5 Å². The third-order valence-electron chi connectivity index (χ3n) is 3.32. The van der Waals surface area contributed by atoms with Gasteiger partial charge in [0.2, 0.25) is 0 Å². The molecular formula is C17H9BrCl2O4. The maximum Gasteiger partial charge on any atom is 0.340 e. The smallest absolute Gasteiger partial charge is 0.340 e. The van der Waals surface area contributed by atoms with Gasteiger partial charge >= 0.3 is 11.6 Å². The van der Waals surface area contributed by atoms with Crippen LogP contribution in [0.2, 0.25) is 10.0 Å². The molecule has 0 unspecified atom stereocenters. The Morgan fingerprint density at radius 2 is 1.96 bits per heavy atom. The molecule has 122 valence electrons. The topological polar surface area (TPSA) is 56.5 Å². The summed E-state index contributed by atoms with van der Waals surface area (Å²) >= 11 is 15.2. The van der Waals surface area contributed by atoms with E-state index in [0.717, 1.165) is 4.47 Å². The van der Waals surface area contributed by atoms with Crippen LogP contribution in [0, 0.1) is 0 Å². The number of hydrogen-bond acceptors (Lipinski definition) is 4. The maximum atomic E-state index is 12.2. The fourth-order valence-corrected chi connectivity index (χ4v) is 2.92. The van der Waals surface area contributed by atoms with Crippen LogP contribution in [0.1, 0.15) is 15.9 Å². The number of fused-ring (bicyclic) bond motifs is 1. The van der Waals surface area contributed by atoms with Gasteiger partial charge in [-0.1, -0.05) is 45.2 Å². The largest absolute Gasteiger partial charge is 0.457 e. The highest BCUT2D eigenvalue weighted by molar-refractivity contribution is 9.10. The highest BCUT2D eigenvalue weighted by atomic mass is 79.9. The lowest BCUT2D eigenvalue weighted by Gasteiger charge is -2.09. The SMILES string of the molecule is O=C(OCc1cc(=O)oc2cc(Br)ccc12)c1cccc(Cl)c1Cl. The molecule has 0 aliphatic carbocycles. The Hall–Kier alpha value is -1.82. The van der Waals surface area contributed by atoms with Gasteiger partial charge in [-0.25, -0.2) is 9.59 Å². The van der Waals surface area contributed by atoms with Gasteiger partial charge in [0.25, 0.3) is 0 Å². The molecular weight excluding hydrogens is 419 g/mol. The zero-order valence-corrected chi connectivity index (χ0v) is 15.1. The number of ether oxygens (including phenoxy) is 1. The van der Waals surface area contributed by atoms with Gasteiger partial charge in [-0.15, -0.1) is 0 Å².